The van der Waals surface area contributed by atoms with E-state index in [1.165, 1.54) is 0 Å². The molecule has 0 saturated heterocycles. The fourth-order valence-electron chi connectivity index (χ4n) is 2.43. The maximum atomic E-state index is 6.32. The van der Waals surface area contributed by atoms with Gasteiger partial charge in [0, 0.05) is 22.0 Å². The van der Waals surface area contributed by atoms with Gasteiger partial charge in [0.05, 0.1) is 16.3 Å². The lowest BCUT2D eigenvalue weighted by molar-refractivity contribution is 0.870. The Kier molecular flexibility index (Phi) is 3.19. The second kappa shape index (κ2) is 4.76. The first-order valence-corrected chi connectivity index (χ1v) is 7.02. The second-order valence-corrected chi connectivity index (χ2v) is 5.70. The molecule has 0 atom stereocenters. The maximum Gasteiger partial charge on any atom is 0.163 e. The zero-order valence-corrected chi connectivity index (χ0v) is 12.9. The van der Waals surface area contributed by atoms with E-state index in [0.29, 0.717) is 10.0 Å². The number of benzene rings is 1. The van der Waals surface area contributed by atoms with Gasteiger partial charge in [-0.05, 0) is 39.0 Å². The minimum absolute atomic E-state index is 0.608. The Morgan fingerprint density at radius 1 is 1.05 bits per heavy atom. The number of rotatable bonds is 1. The molecule has 0 aliphatic rings. The standard InChI is InChI=1S/C15H13Cl2N3/c1-8-6-9(2)20-15(18-8)14(10(3)19-20)12-5-4-11(16)7-13(12)17/h4-7H,1-3H3. The van der Waals surface area contributed by atoms with Crippen molar-refractivity contribution >= 4 is 28.8 Å². The molecule has 20 heavy (non-hydrogen) atoms. The first-order valence-electron chi connectivity index (χ1n) is 6.26. The predicted molar refractivity (Wildman–Crippen MR) is 82.7 cm³/mol. The Bertz CT molecular complexity index is 822. The normalized spacial score (nSPS) is 11.2. The summed E-state index contributed by atoms with van der Waals surface area (Å²) in [5.74, 6) is 0. The minimum atomic E-state index is 0.608. The summed E-state index contributed by atoms with van der Waals surface area (Å²) in [7, 11) is 0. The van der Waals surface area contributed by atoms with E-state index in [4.69, 9.17) is 23.2 Å². The van der Waals surface area contributed by atoms with Gasteiger partial charge >= 0.3 is 0 Å². The van der Waals surface area contributed by atoms with Gasteiger partial charge in [-0.3, -0.25) is 0 Å². The van der Waals surface area contributed by atoms with E-state index in [1.807, 2.05) is 43.5 Å². The summed E-state index contributed by atoms with van der Waals surface area (Å²) in [4.78, 5) is 4.61. The number of hydrogen-bond donors (Lipinski definition) is 0. The lowest BCUT2D eigenvalue weighted by Crippen LogP contribution is -1.97. The Labute approximate surface area is 127 Å². The summed E-state index contributed by atoms with van der Waals surface area (Å²) < 4.78 is 1.85. The van der Waals surface area contributed by atoms with Crippen LogP contribution in [-0.4, -0.2) is 14.6 Å². The van der Waals surface area contributed by atoms with Crippen LogP contribution in [0.4, 0.5) is 0 Å². The van der Waals surface area contributed by atoms with Crippen molar-refractivity contribution in [2.75, 3.05) is 0 Å². The van der Waals surface area contributed by atoms with Crippen molar-refractivity contribution in [2.24, 2.45) is 0 Å². The molecule has 0 radical (unpaired) electrons. The van der Waals surface area contributed by atoms with Crippen LogP contribution in [-0.2, 0) is 0 Å². The van der Waals surface area contributed by atoms with Crippen LogP contribution in [0.3, 0.4) is 0 Å². The van der Waals surface area contributed by atoms with Crippen molar-refractivity contribution in [3.8, 4) is 11.1 Å². The van der Waals surface area contributed by atoms with Crippen LogP contribution in [0, 0.1) is 20.8 Å². The van der Waals surface area contributed by atoms with Gasteiger partial charge in [0.15, 0.2) is 5.65 Å². The van der Waals surface area contributed by atoms with Gasteiger partial charge < -0.3 is 0 Å². The van der Waals surface area contributed by atoms with Crippen LogP contribution in [0.1, 0.15) is 17.1 Å². The lowest BCUT2D eigenvalue weighted by atomic mass is 10.1. The Balaban J connectivity index is 2.38. The average molecular weight is 306 g/mol. The predicted octanol–water partition coefficient (Wildman–Crippen LogP) is 4.63. The molecular weight excluding hydrogens is 293 g/mol. The molecule has 0 amide bonds. The molecule has 0 saturated carbocycles. The minimum Gasteiger partial charge on any atom is -0.233 e. The van der Waals surface area contributed by atoms with Gasteiger partial charge in [-0.15, -0.1) is 0 Å². The van der Waals surface area contributed by atoms with Crippen molar-refractivity contribution in [3.63, 3.8) is 0 Å². The molecule has 1 aromatic carbocycles. The van der Waals surface area contributed by atoms with Crippen LogP contribution in [0.5, 0.6) is 0 Å². The third-order valence-electron chi connectivity index (χ3n) is 3.27. The van der Waals surface area contributed by atoms with E-state index in [-0.39, 0.29) is 0 Å². The molecule has 3 aromatic rings. The van der Waals surface area contributed by atoms with E-state index in [2.05, 4.69) is 10.1 Å². The molecule has 0 spiro atoms. The molecule has 0 aliphatic carbocycles. The van der Waals surface area contributed by atoms with Crippen molar-refractivity contribution in [2.45, 2.75) is 20.8 Å². The number of nitrogens with zero attached hydrogens (tertiary/aromatic N) is 3. The number of aromatic nitrogens is 3. The molecule has 0 fully saturated rings. The van der Waals surface area contributed by atoms with Crippen molar-refractivity contribution in [1.82, 2.24) is 14.6 Å². The maximum absolute atomic E-state index is 6.32. The van der Waals surface area contributed by atoms with Crippen molar-refractivity contribution in [1.29, 1.82) is 0 Å². The molecule has 0 N–H and O–H groups in total. The SMILES string of the molecule is Cc1cc(C)n2nc(C)c(-c3ccc(Cl)cc3Cl)c2n1. The number of fused-ring (bicyclic) bond motifs is 1. The third kappa shape index (κ3) is 2.07. The number of halogens is 2. The fourth-order valence-corrected chi connectivity index (χ4v) is 2.94. The molecule has 0 unspecified atom stereocenters. The monoisotopic (exact) mass is 305 g/mol. The molecule has 2 aromatic heterocycles. The van der Waals surface area contributed by atoms with Crippen LogP contribution < -0.4 is 0 Å². The largest absolute Gasteiger partial charge is 0.233 e. The lowest BCUT2D eigenvalue weighted by Gasteiger charge is -2.05. The van der Waals surface area contributed by atoms with Crippen LogP contribution in [0.2, 0.25) is 10.0 Å². The number of aryl methyl sites for hydroxylation is 3. The highest BCUT2D eigenvalue weighted by Gasteiger charge is 2.17. The summed E-state index contributed by atoms with van der Waals surface area (Å²) in [5.41, 5.74) is 5.59. The van der Waals surface area contributed by atoms with Gasteiger partial charge in [-0.1, -0.05) is 29.3 Å². The highest BCUT2D eigenvalue weighted by molar-refractivity contribution is 6.36. The van der Waals surface area contributed by atoms with Crippen LogP contribution >= 0.6 is 23.2 Å². The molecule has 5 heteroatoms. The van der Waals surface area contributed by atoms with Gasteiger partial charge in [-0.2, -0.15) is 5.10 Å². The molecule has 0 bridgehead atoms. The summed E-state index contributed by atoms with van der Waals surface area (Å²) in [6.45, 7) is 5.95. The average Bonchev–Trinajstić information content (AvgIpc) is 2.67. The van der Waals surface area contributed by atoms with E-state index in [1.54, 1.807) is 6.07 Å². The van der Waals surface area contributed by atoms with E-state index in [0.717, 1.165) is 33.9 Å². The second-order valence-electron chi connectivity index (χ2n) is 4.86. The first-order chi connectivity index (χ1) is 9.47. The van der Waals surface area contributed by atoms with Gasteiger partial charge in [0.2, 0.25) is 0 Å². The summed E-state index contributed by atoms with van der Waals surface area (Å²) in [6, 6.07) is 7.49. The Hall–Kier alpha value is -1.58. The molecule has 3 nitrogen and oxygen atoms in total. The summed E-state index contributed by atoms with van der Waals surface area (Å²) >= 11 is 12.3. The van der Waals surface area contributed by atoms with Crippen LogP contribution in [0.25, 0.3) is 16.8 Å². The third-order valence-corrected chi connectivity index (χ3v) is 3.82. The smallest absolute Gasteiger partial charge is 0.163 e. The highest BCUT2D eigenvalue weighted by Crippen LogP contribution is 2.34. The fraction of sp³-hybridized carbons (Fsp3) is 0.200. The Morgan fingerprint density at radius 3 is 2.50 bits per heavy atom. The molecule has 0 aliphatic heterocycles. The van der Waals surface area contributed by atoms with Gasteiger partial charge in [0.25, 0.3) is 0 Å². The molecule has 2 heterocycles. The topological polar surface area (TPSA) is 30.2 Å². The molecular formula is C15H13Cl2N3. The zero-order valence-electron chi connectivity index (χ0n) is 11.4. The van der Waals surface area contributed by atoms with Crippen molar-refractivity contribution in [3.05, 3.63) is 51.4 Å². The van der Waals surface area contributed by atoms with E-state index >= 15 is 0 Å². The first kappa shape index (κ1) is 13.4. The van der Waals surface area contributed by atoms with Gasteiger partial charge in [0.1, 0.15) is 0 Å². The van der Waals surface area contributed by atoms with Crippen molar-refractivity contribution < 1.29 is 0 Å². The van der Waals surface area contributed by atoms with E-state index in [9.17, 15) is 0 Å². The Morgan fingerprint density at radius 2 is 1.80 bits per heavy atom. The van der Waals surface area contributed by atoms with Gasteiger partial charge in [-0.25, -0.2) is 9.50 Å². The highest BCUT2D eigenvalue weighted by atomic mass is 35.5. The van der Waals surface area contributed by atoms with E-state index < -0.39 is 0 Å². The summed E-state index contributed by atoms with van der Waals surface area (Å²) in [5, 5.41) is 5.78. The molecule has 102 valence electrons. The summed E-state index contributed by atoms with van der Waals surface area (Å²) in [6.07, 6.45) is 0. The quantitative estimate of drug-likeness (QED) is 0.656. The zero-order chi connectivity index (χ0) is 14.4. The number of hydrogen-bond acceptors (Lipinski definition) is 2. The van der Waals surface area contributed by atoms with Crippen LogP contribution in [0.15, 0.2) is 24.3 Å². The molecule has 3 rings (SSSR count).